The maximum atomic E-state index is 13.0. The van der Waals surface area contributed by atoms with Crippen LogP contribution in [0.25, 0.3) is 0 Å². The van der Waals surface area contributed by atoms with E-state index < -0.39 is 16.1 Å². The Morgan fingerprint density at radius 1 is 0.912 bits per heavy atom. The summed E-state index contributed by atoms with van der Waals surface area (Å²) in [6.45, 7) is 9.91. The molecule has 2 unspecified atom stereocenters. The van der Waals surface area contributed by atoms with Crippen LogP contribution in [0, 0.1) is 5.92 Å². The third-order valence-electron chi connectivity index (χ3n) is 5.67. The molecule has 8 nitrogen and oxygen atoms in total. The summed E-state index contributed by atoms with van der Waals surface area (Å²) >= 11 is 0. The minimum atomic E-state index is -3.55. The molecule has 2 atom stereocenters. The highest BCUT2D eigenvalue weighted by atomic mass is 32.2. The van der Waals surface area contributed by atoms with Crippen molar-refractivity contribution in [1.82, 2.24) is 14.9 Å². The summed E-state index contributed by atoms with van der Waals surface area (Å²) in [5.74, 6) is -0.172. The highest BCUT2D eigenvalue weighted by Gasteiger charge is 2.26. The Hall–Kier alpha value is -2.91. The molecule has 0 saturated heterocycles. The molecule has 0 aromatic heterocycles. The van der Waals surface area contributed by atoms with Crippen LogP contribution in [0.1, 0.15) is 56.6 Å². The van der Waals surface area contributed by atoms with Gasteiger partial charge in [-0.05, 0) is 54.8 Å². The van der Waals surface area contributed by atoms with Crippen LogP contribution in [-0.2, 0) is 14.8 Å². The SMILES string of the molecule is CCN(CC)S(=O)(=O)c1ccc(C(C)NC(=O)C(NC(=O)c2ccc(OC)cc2)C(C)C)cc1. The summed E-state index contributed by atoms with van der Waals surface area (Å²) in [6.07, 6.45) is 0. The molecule has 0 heterocycles. The fourth-order valence-electron chi connectivity index (χ4n) is 3.53. The Kier molecular flexibility index (Phi) is 9.64. The number of ether oxygens (including phenoxy) is 1. The number of carbonyl (C=O) groups is 2. The monoisotopic (exact) mass is 489 g/mol. The van der Waals surface area contributed by atoms with Crippen LogP contribution < -0.4 is 15.4 Å². The third kappa shape index (κ3) is 6.57. The van der Waals surface area contributed by atoms with Gasteiger partial charge < -0.3 is 15.4 Å². The first-order chi connectivity index (χ1) is 16.0. The van der Waals surface area contributed by atoms with Crippen molar-refractivity contribution in [2.24, 2.45) is 5.92 Å². The predicted octanol–water partition coefficient (Wildman–Crippen LogP) is 3.36. The van der Waals surface area contributed by atoms with Crippen molar-refractivity contribution in [2.75, 3.05) is 20.2 Å². The smallest absolute Gasteiger partial charge is 0.251 e. The number of rotatable bonds is 11. The molecule has 2 amide bonds. The van der Waals surface area contributed by atoms with Crippen LogP contribution in [0.15, 0.2) is 53.4 Å². The number of carbonyl (C=O) groups excluding carboxylic acids is 2. The molecule has 2 rings (SSSR count). The molecule has 0 aliphatic carbocycles. The van der Waals surface area contributed by atoms with E-state index in [1.807, 2.05) is 20.8 Å². The van der Waals surface area contributed by atoms with Gasteiger partial charge in [-0.1, -0.05) is 39.8 Å². The molecule has 0 aliphatic rings. The average molecular weight is 490 g/mol. The van der Waals surface area contributed by atoms with Crippen molar-refractivity contribution < 1.29 is 22.7 Å². The van der Waals surface area contributed by atoms with Crippen molar-refractivity contribution in [2.45, 2.75) is 51.6 Å². The second kappa shape index (κ2) is 12.0. The Labute approximate surface area is 202 Å². The molecule has 0 radical (unpaired) electrons. The summed E-state index contributed by atoms with van der Waals surface area (Å²) in [4.78, 5) is 25.9. The first-order valence-electron chi connectivity index (χ1n) is 11.4. The lowest BCUT2D eigenvalue weighted by molar-refractivity contribution is -0.124. The van der Waals surface area contributed by atoms with Crippen LogP contribution >= 0.6 is 0 Å². The Balaban J connectivity index is 2.10. The first kappa shape index (κ1) is 27.3. The van der Waals surface area contributed by atoms with E-state index in [0.717, 1.165) is 5.56 Å². The molecule has 9 heteroatoms. The lowest BCUT2D eigenvalue weighted by Crippen LogP contribution is -2.50. The number of nitrogens with one attached hydrogen (secondary N) is 2. The lowest BCUT2D eigenvalue weighted by Gasteiger charge is -2.24. The fourth-order valence-corrected chi connectivity index (χ4v) is 4.99. The largest absolute Gasteiger partial charge is 0.497 e. The molecule has 0 fully saturated rings. The lowest BCUT2D eigenvalue weighted by atomic mass is 10.0. The molecule has 0 aliphatic heterocycles. The molecule has 0 saturated carbocycles. The van der Waals surface area contributed by atoms with Crippen molar-refractivity contribution in [1.29, 1.82) is 0 Å². The van der Waals surface area contributed by atoms with Crippen molar-refractivity contribution >= 4 is 21.8 Å². The molecule has 34 heavy (non-hydrogen) atoms. The van der Waals surface area contributed by atoms with Crippen molar-refractivity contribution in [3.8, 4) is 5.75 Å². The molecule has 186 valence electrons. The highest BCUT2D eigenvalue weighted by molar-refractivity contribution is 7.89. The second-order valence-electron chi connectivity index (χ2n) is 8.31. The van der Waals surface area contributed by atoms with E-state index in [4.69, 9.17) is 4.74 Å². The zero-order valence-corrected chi connectivity index (χ0v) is 21.5. The van der Waals surface area contributed by atoms with E-state index in [-0.39, 0.29) is 28.7 Å². The van der Waals surface area contributed by atoms with Gasteiger partial charge in [0.05, 0.1) is 18.0 Å². The van der Waals surface area contributed by atoms with Gasteiger partial charge in [0.1, 0.15) is 11.8 Å². The van der Waals surface area contributed by atoms with Gasteiger partial charge in [-0.15, -0.1) is 0 Å². The minimum Gasteiger partial charge on any atom is -0.497 e. The number of methoxy groups -OCH3 is 1. The van der Waals surface area contributed by atoms with Gasteiger partial charge in [-0.2, -0.15) is 4.31 Å². The van der Waals surface area contributed by atoms with Gasteiger partial charge in [0, 0.05) is 18.7 Å². The average Bonchev–Trinajstić information content (AvgIpc) is 2.82. The number of hydrogen-bond donors (Lipinski definition) is 2. The Bertz CT molecular complexity index is 1060. The van der Waals surface area contributed by atoms with E-state index in [0.29, 0.717) is 24.4 Å². The number of nitrogens with zero attached hydrogens (tertiary/aromatic N) is 1. The number of sulfonamides is 1. The zero-order valence-electron chi connectivity index (χ0n) is 20.7. The molecular formula is C25H35N3O5S. The zero-order chi connectivity index (χ0) is 25.5. The molecule has 2 aromatic rings. The van der Waals surface area contributed by atoms with E-state index >= 15 is 0 Å². The van der Waals surface area contributed by atoms with Gasteiger partial charge in [-0.25, -0.2) is 8.42 Å². The summed E-state index contributed by atoms with van der Waals surface area (Å²) in [7, 11) is -2.00. The molecule has 0 spiro atoms. The standard InChI is InChI=1S/C25H35N3O5S/c1-7-28(8-2)34(31,32)22-15-11-19(12-16-22)18(5)26-25(30)23(17(3)4)27-24(29)20-9-13-21(33-6)14-10-20/h9-18,23H,7-8H2,1-6H3,(H,26,30)(H,27,29). The van der Waals surface area contributed by atoms with Crippen molar-refractivity contribution in [3.63, 3.8) is 0 Å². The number of benzene rings is 2. The predicted molar refractivity (Wildman–Crippen MR) is 132 cm³/mol. The van der Waals surface area contributed by atoms with Crippen LogP contribution in [0.5, 0.6) is 5.75 Å². The van der Waals surface area contributed by atoms with Crippen LogP contribution in [0.3, 0.4) is 0 Å². The maximum Gasteiger partial charge on any atom is 0.251 e. The normalized spacial score (nSPS) is 13.4. The summed E-state index contributed by atoms with van der Waals surface area (Å²) in [5.41, 5.74) is 1.19. The quantitative estimate of drug-likeness (QED) is 0.504. The van der Waals surface area contributed by atoms with Crippen LogP contribution in [0.2, 0.25) is 0 Å². The topological polar surface area (TPSA) is 105 Å². The van der Waals surface area contributed by atoms with Crippen LogP contribution in [0.4, 0.5) is 0 Å². The molecular weight excluding hydrogens is 454 g/mol. The van der Waals surface area contributed by atoms with Crippen LogP contribution in [-0.4, -0.2) is 50.8 Å². The fraction of sp³-hybridized carbons (Fsp3) is 0.440. The van der Waals surface area contributed by atoms with E-state index in [2.05, 4.69) is 10.6 Å². The minimum absolute atomic E-state index is 0.143. The summed E-state index contributed by atoms with van der Waals surface area (Å²) in [5, 5.41) is 5.73. The van der Waals surface area contributed by atoms with E-state index in [1.54, 1.807) is 69.5 Å². The molecule has 2 N–H and O–H groups in total. The Morgan fingerprint density at radius 3 is 1.94 bits per heavy atom. The summed E-state index contributed by atoms with van der Waals surface area (Å²) in [6, 6.07) is 12.0. The van der Waals surface area contributed by atoms with Gasteiger partial charge in [-0.3, -0.25) is 9.59 Å². The Morgan fingerprint density at radius 2 is 1.47 bits per heavy atom. The van der Waals surface area contributed by atoms with Gasteiger partial charge in [0.25, 0.3) is 5.91 Å². The first-order valence-corrected chi connectivity index (χ1v) is 12.8. The number of hydrogen-bond acceptors (Lipinski definition) is 5. The van der Waals surface area contributed by atoms with Crippen molar-refractivity contribution in [3.05, 3.63) is 59.7 Å². The molecule has 2 aromatic carbocycles. The summed E-state index contributed by atoms with van der Waals surface area (Å²) < 4.78 is 31.9. The number of amides is 2. The van der Waals surface area contributed by atoms with Gasteiger partial charge in [0.15, 0.2) is 0 Å². The maximum absolute atomic E-state index is 13.0. The molecule has 0 bridgehead atoms. The highest BCUT2D eigenvalue weighted by Crippen LogP contribution is 2.20. The second-order valence-corrected chi connectivity index (χ2v) is 10.3. The van der Waals surface area contributed by atoms with E-state index in [1.165, 1.54) is 4.31 Å². The van der Waals surface area contributed by atoms with Gasteiger partial charge >= 0.3 is 0 Å². The third-order valence-corrected chi connectivity index (χ3v) is 7.73. The van der Waals surface area contributed by atoms with E-state index in [9.17, 15) is 18.0 Å². The van der Waals surface area contributed by atoms with Gasteiger partial charge in [0.2, 0.25) is 15.9 Å².